The van der Waals surface area contributed by atoms with Crippen molar-refractivity contribution in [3.05, 3.63) is 52.0 Å². The summed E-state index contributed by atoms with van der Waals surface area (Å²) in [5.41, 5.74) is 0.809. The summed E-state index contributed by atoms with van der Waals surface area (Å²) in [5.74, 6) is -0.840. The van der Waals surface area contributed by atoms with Crippen molar-refractivity contribution < 1.29 is 24.2 Å². The first-order valence-electron chi connectivity index (χ1n) is 8.32. The van der Waals surface area contributed by atoms with Gasteiger partial charge in [-0.2, -0.15) is 0 Å². The zero-order valence-electron chi connectivity index (χ0n) is 15.6. The summed E-state index contributed by atoms with van der Waals surface area (Å²) in [6.07, 6.45) is 0. The lowest BCUT2D eigenvalue weighted by Gasteiger charge is -2.20. The maximum atomic E-state index is 12.4. The quantitative estimate of drug-likeness (QED) is 0.525. The van der Waals surface area contributed by atoms with Crippen molar-refractivity contribution in [3.8, 4) is 11.5 Å². The van der Waals surface area contributed by atoms with Gasteiger partial charge < -0.3 is 19.9 Å². The van der Waals surface area contributed by atoms with E-state index in [2.05, 4.69) is 21.2 Å². The molecule has 0 aliphatic rings. The van der Waals surface area contributed by atoms with Gasteiger partial charge in [0.2, 0.25) is 0 Å². The zero-order valence-corrected chi connectivity index (χ0v) is 17.2. The zero-order chi connectivity index (χ0) is 20.2. The van der Waals surface area contributed by atoms with Crippen molar-refractivity contribution in [1.29, 1.82) is 0 Å². The molecule has 27 heavy (non-hydrogen) atoms. The molecular weight excluding hydrogens is 414 g/mol. The van der Waals surface area contributed by atoms with E-state index in [1.165, 1.54) is 13.0 Å². The average Bonchev–Trinajstić information content (AvgIpc) is 2.53. The average molecular weight is 436 g/mol. The van der Waals surface area contributed by atoms with Crippen LogP contribution in [0.5, 0.6) is 11.5 Å². The van der Waals surface area contributed by atoms with E-state index in [0.29, 0.717) is 17.8 Å². The highest BCUT2D eigenvalue weighted by Gasteiger charge is 2.22. The van der Waals surface area contributed by atoms with Crippen LogP contribution in [-0.4, -0.2) is 22.6 Å². The summed E-state index contributed by atoms with van der Waals surface area (Å²) < 4.78 is 11.4. The Kier molecular flexibility index (Phi) is 6.49. The summed E-state index contributed by atoms with van der Waals surface area (Å²) >= 11 is 3.36. The number of benzene rings is 2. The molecule has 0 aliphatic carbocycles. The lowest BCUT2D eigenvalue weighted by atomic mass is 10.1. The molecule has 0 amide bonds. The van der Waals surface area contributed by atoms with Gasteiger partial charge in [0.05, 0.1) is 0 Å². The molecule has 2 aromatic rings. The normalized spacial score (nSPS) is 11.0. The van der Waals surface area contributed by atoms with E-state index >= 15 is 0 Å². The molecule has 0 saturated heterocycles. The maximum absolute atomic E-state index is 12.4. The molecular formula is C20H22BrNO5. The number of anilines is 1. The Labute approximate surface area is 166 Å². The van der Waals surface area contributed by atoms with Crippen LogP contribution in [0.25, 0.3) is 0 Å². The molecule has 6 nitrogen and oxygen atoms in total. The molecule has 7 heteroatoms. The van der Waals surface area contributed by atoms with E-state index in [0.717, 1.165) is 4.47 Å². The van der Waals surface area contributed by atoms with Crippen LogP contribution >= 0.6 is 15.9 Å². The molecule has 0 atom stereocenters. The van der Waals surface area contributed by atoms with Gasteiger partial charge in [-0.1, -0.05) is 15.9 Å². The monoisotopic (exact) mass is 435 g/mol. The number of hydrogen-bond donors (Lipinski definition) is 2. The van der Waals surface area contributed by atoms with Crippen molar-refractivity contribution in [1.82, 2.24) is 0 Å². The second kappa shape index (κ2) is 8.43. The van der Waals surface area contributed by atoms with Gasteiger partial charge in [0.15, 0.2) is 0 Å². The van der Waals surface area contributed by atoms with E-state index in [4.69, 9.17) is 9.47 Å². The van der Waals surface area contributed by atoms with Crippen LogP contribution in [0.2, 0.25) is 0 Å². The number of carbonyl (C=O) groups is 2. The second-order valence-corrected chi connectivity index (χ2v) is 7.85. The number of ether oxygens (including phenoxy) is 2. The predicted molar refractivity (Wildman–Crippen MR) is 106 cm³/mol. The van der Waals surface area contributed by atoms with Gasteiger partial charge in [-0.3, -0.25) is 4.79 Å². The molecule has 0 aliphatic heterocycles. The minimum atomic E-state index is -0.667. The van der Waals surface area contributed by atoms with Gasteiger partial charge in [-0.25, -0.2) is 4.79 Å². The minimum Gasteiger partial charge on any atom is -0.508 e. The van der Waals surface area contributed by atoms with Crippen LogP contribution in [0, 0.1) is 0 Å². The largest absolute Gasteiger partial charge is 0.508 e. The lowest BCUT2D eigenvalue weighted by Crippen LogP contribution is -2.24. The van der Waals surface area contributed by atoms with Gasteiger partial charge in [0.25, 0.3) is 0 Å². The molecule has 0 radical (unpaired) electrons. The van der Waals surface area contributed by atoms with Crippen LogP contribution in [0.4, 0.5) is 5.69 Å². The molecule has 2 rings (SSSR count). The Morgan fingerprint density at radius 3 is 2.48 bits per heavy atom. The summed E-state index contributed by atoms with van der Waals surface area (Å²) in [5, 5.41) is 13.1. The first-order valence-corrected chi connectivity index (χ1v) is 9.11. The highest BCUT2D eigenvalue weighted by Crippen LogP contribution is 2.28. The Bertz CT molecular complexity index is 858. The molecule has 0 bridgehead atoms. The molecule has 0 heterocycles. The lowest BCUT2D eigenvalue weighted by molar-refractivity contribution is -0.131. The number of phenolic OH excluding ortho intramolecular Hbond substituents is 1. The van der Waals surface area contributed by atoms with Crippen molar-refractivity contribution in [2.45, 2.75) is 39.8 Å². The fraction of sp³-hybridized carbons (Fsp3) is 0.300. The Morgan fingerprint density at radius 1 is 1.15 bits per heavy atom. The predicted octanol–water partition coefficient (Wildman–Crippen LogP) is 4.65. The van der Waals surface area contributed by atoms with Crippen LogP contribution in [0.3, 0.4) is 0 Å². The number of hydrogen-bond acceptors (Lipinski definition) is 6. The van der Waals surface area contributed by atoms with E-state index in [9.17, 15) is 14.7 Å². The molecule has 0 spiro atoms. The van der Waals surface area contributed by atoms with E-state index in [1.54, 1.807) is 51.1 Å². The topological polar surface area (TPSA) is 84.9 Å². The highest BCUT2D eigenvalue weighted by atomic mass is 79.9. The number of rotatable bonds is 5. The third-order valence-corrected chi connectivity index (χ3v) is 3.87. The summed E-state index contributed by atoms with van der Waals surface area (Å²) in [7, 11) is 0. The fourth-order valence-corrected chi connectivity index (χ4v) is 2.67. The molecule has 0 unspecified atom stereocenters. The van der Waals surface area contributed by atoms with Crippen molar-refractivity contribution in [2.75, 3.05) is 5.32 Å². The Morgan fingerprint density at radius 2 is 1.85 bits per heavy atom. The number of aromatic hydroxyl groups is 1. The smallest absolute Gasteiger partial charge is 0.342 e. The number of nitrogens with one attached hydrogen (secondary N) is 1. The molecule has 2 N–H and O–H groups in total. The van der Waals surface area contributed by atoms with E-state index in [1.807, 2.05) is 0 Å². The minimum absolute atomic E-state index is 0.111. The first-order chi connectivity index (χ1) is 12.5. The molecule has 0 aromatic heterocycles. The van der Waals surface area contributed by atoms with E-state index in [-0.39, 0.29) is 17.1 Å². The SMILES string of the molecule is CC(=O)Oc1cc(NCc2cc(Br)ccc2O)ccc1C(=O)OC(C)(C)C. The first kappa shape index (κ1) is 20.8. The van der Waals surface area contributed by atoms with Crippen molar-refractivity contribution >= 4 is 33.6 Å². The van der Waals surface area contributed by atoms with Crippen molar-refractivity contribution in [2.24, 2.45) is 0 Å². The third kappa shape index (κ3) is 6.29. The standard InChI is InChI=1S/C20H22BrNO5/c1-12(23)26-18-10-15(6-7-16(18)19(25)27-20(2,3)4)22-11-13-9-14(21)5-8-17(13)24/h5-10,22,24H,11H2,1-4H3. The fourth-order valence-electron chi connectivity index (χ4n) is 2.27. The van der Waals surface area contributed by atoms with Gasteiger partial charge in [0.1, 0.15) is 22.7 Å². The van der Waals surface area contributed by atoms with Crippen LogP contribution in [0.1, 0.15) is 43.6 Å². The van der Waals surface area contributed by atoms with Gasteiger partial charge in [-0.15, -0.1) is 0 Å². The van der Waals surface area contributed by atoms with Crippen LogP contribution in [-0.2, 0) is 16.1 Å². The number of phenols is 1. The van der Waals surface area contributed by atoms with Gasteiger partial charge in [-0.05, 0) is 51.1 Å². The van der Waals surface area contributed by atoms with E-state index < -0.39 is 17.5 Å². The summed E-state index contributed by atoms with van der Waals surface area (Å²) in [4.78, 5) is 23.8. The van der Waals surface area contributed by atoms with Gasteiger partial charge in [0, 0.05) is 35.3 Å². The highest BCUT2D eigenvalue weighted by molar-refractivity contribution is 9.10. The number of esters is 2. The number of carbonyl (C=O) groups excluding carboxylic acids is 2. The number of halogens is 1. The molecule has 144 valence electrons. The van der Waals surface area contributed by atoms with Gasteiger partial charge >= 0.3 is 11.9 Å². The third-order valence-electron chi connectivity index (χ3n) is 3.38. The Hall–Kier alpha value is -2.54. The molecule has 0 saturated carbocycles. The maximum Gasteiger partial charge on any atom is 0.342 e. The Balaban J connectivity index is 2.24. The molecule has 0 fully saturated rings. The molecule has 2 aromatic carbocycles. The van der Waals surface area contributed by atoms with Crippen molar-refractivity contribution in [3.63, 3.8) is 0 Å². The van der Waals surface area contributed by atoms with Crippen LogP contribution in [0.15, 0.2) is 40.9 Å². The van der Waals surface area contributed by atoms with Crippen LogP contribution < -0.4 is 10.1 Å². The summed E-state index contributed by atoms with van der Waals surface area (Å²) in [6.45, 7) is 6.89. The second-order valence-electron chi connectivity index (χ2n) is 6.93. The summed E-state index contributed by atoms with van der Waals surface area (Å²) in [6, 6.07) is 9.90.